The zero-order chi connectivity index (χ0) is 16.9. The summed E-state index contributed by atoms with van der Waals surface area (Å²) < 4.78 is 5.98. The van der Waals surface area contributed by atoms with E-state index in [0.29, 0.717) is 12.2 Å². The van der Waals surface area contributed by atoms with Gasteiger partial charge in [-0.2, -0.15) is 5.26 Å². The number of hydrogen-bond acceptors (Lipinski definition) is 4. The molecule has 0 heterocycles. The van der Waals surface area contributed by atoms with E-state index < -0.39 is 0 Å². The van der Waals surface area contributed by atoms with Crippen molar-refractivity contribution in [3.63, 3.8) is 0 Å². The maximum absolute atomic E-state index is 9.06. The smallest absolute Gasteiger partial charge is 0.187 e. The van der Waals surface area contributed by atoms with Gasteiger partial charge in [0, 0.05) is 5.56 Å². The van der Waals surface area contributed by atoms with Crippen molar-refractivity contribution in [2.75, 3.05) is 0 Å². The highest BCUT2D eigenvalue weighted by molar-refractivity contribution is 6.12. The summed E-state index contributed by atoms with van der Waals surface area (Å²) in [5.74, 6) is 0.814. The maximum atomic E-state index is 9.06. The molecule has 0 atom stereocenters. The summed E-state index contributed by atoms with van der Waals surface area (Å²) in [7, 11) is 0. The van der Waals surface area contributed by atoms with Gasteiger partial charge in [-0.25, -0.2) is 0 Å². The zero-order valence-electron chi connectivity index (χ0n) is 13.6. The van der Waals surface area contributed by atoms with Gasteiger partial charge < -0.3 is 9.94 Å². The van der Waals surface area contributed by atoms with Gasteiger partial charge in [-0.15, -0.1) is 0 Å². The molecule has 23 heavy (non-hydrogen) atoms. The first-order valence-electron chi connectivity index (χ1n) is 7.40. The van der Waals surface area contributed by atoms with Crippen LogP contribution in [0.15, 0.2) is 53.7 Å². The first kappa shape index (κ1) is 16.6. The largest absolute Gasteiger partial charge is 0.489 e. The summed E-state index contributed by atoms with van der Waals surface area (Å²) in [5, 5.41) is 21.1. The molecule has 0 saturated heterocycles. The van der Waals surface area contributed by atoms with Crippen LogP contribution in [0, 0.1) is 11.3 Å². The molecular weight excluding hydrogens is 288 g/mol. The SMILES string of the molecule is CC(C)(C)c1ccccc1OCc1ccccc1/C(C#N)=N\O. The van der Waals surface area contributed by atoms with Crippen molar-refractivity contribution in [2.24, 2.45) is 5.16 Å². The molecule has 0 unspecified atom stereocenters. The van der Waals surface area contributed by atoms with Gasteiger partial charge >= 0.3 is 0 Å². The molecule has 0 aromatic heterocycles. The molecule has 0 fully saturated rings. The molecule has 0 radical (unpaired) electrons. The van der Waals surface area contributed by atoms with Crippen LogP contribution in [0.5, 0.6) is 5.75 Å². The van der Waals surface area contributed by atoms with E-state index in [2.05, 4.69) is 32.0 Å². The van der Waals surface area contributed by atoms with Crippen LogP contribution in [0.25, 0.3) is 0 Å². The molecule has 0 bridgehead atoms. The summed E-state index contributed by atoms with van der Waals surface area (Å²) >= 11 is 0. The normalized spacial score (nSPS) is 11.8. The Kier molecular flexibility index (Phi) is 5.02. The van der Waals surface area contributed by atoms with Crippen LogP contribution >= 0.6 is 0 Å². The van der Waals surface area contributed by atoms with Gasteiger partial charge in [-0.1, -0.05) is 68.4 Å². The molecule has 0 spiro atoms. The van der Waals surface area contributed by atoms with E-state index in [1.54, 1.807) is 12.1 Å². The number of para-hydroxylation sites is 1. The Morgan fingerprint density at radius 1 is 1.13 bits per heavy atom. The third kappa shape index (κ3) is 3.89. The highest BCUT2D eigenvalue weighted by Crippen LogP contribution is 2.31. The fourth-order valence-electron chi connectivity index (χ4n) is 2.38. The lowest BCUT2D eigenvalue weighted by Gasteiger charge is -2.23. The maximum Gasteiger partial charge on any atom is 0.187 e. The number of benzene rings is 2. The van der Waals surface area contributed by atoms with Crippen molar-refractivity contribution in [3.8, 4) is 11.8 Å². The second kappa shape index (κ2) is 6.97. The van der Waals surface area contributed by atoms with Crippen LogP contribution < -0.4 is 4.74 Å². The molecule has 0 amide bonds. The molecule has 118 valence electrons. The van der Waals surface area contributed by atoms with Gasteiger partial charge in [0.05, 0.1) is 0 Å². The van der Waals surface area contributed by atoms with E-state index in [9.17, 15) is 0 Å². The Morgan fingerprint density at radius 3 is 2.43 bits per heavy atom. The molecule has 2 aromatic rings. The van der Waals surface area contributed by atoms with Gasteiger partial charge in [-0.3, -0.25) is 0 Å². The second-order valence-electron chi connectivity index (χ2n) is 6.25. The van der Waals surface area contributed by atoms with E-state index in [-0.39, 0.29) is 11.1 Å². The van der Waals surface area contributed by atoms with Crippen LogP contribution in [0.2, 0.25) is 0 Å². The summed E-state index contributed by atoms with van der Waals surface area (Å²) in [5.41, 5.74) is 2.44. The molecule has 0 saturated carbocycles. The third-order valence-electron chi connectivity index (χ3n) is 3.56. The zero-order valence-corrected chi connectivity index (χ0v) is 13.6. The minimum Gasteiger partial charge on any atom is -0.489 e. The van der Waals surface area contributed by atoms with Crippen LogP contribution in [0.4, 0.5) is 0 Å². The predicted octanol–water partition coefficient (Wildman–Crippen LogP) is 4.26. The van der Waals surface area contributed by atoms with Gasteiger partial charge in [-0.05, 0) is 22.6 Å². The van der Waals surface area contributed by atoms with Crippen molar-refractivity contribution >= 4 is 5.71 Å². The molecule has 4 nitrogen and oxygen atoms in total. The Bertz CT molecular complexity index is 752. The first-order chi connectivity index (χ1) is 11.0. The lowest BCUT2D eigenvalue weighted by molar-refractivity contribution is 0.297. The summed E-state index contributed by atoms with van der Waals surface area (Å²) in [6.07, 6.45) is 0. The molecule has 0 aliphatic heterocycles. The quantitative estimate of drug-likeness (QED) is 0.521. The standard InChI is InChI=1S/C19H20N2O2/c1-19(2,3)16-10-6-7-11-18(16)23-13-14-8-4-5-9-15(14)17(12-20)21-22/h4-11,22H,13H2,1-3H3/b21-17-. The van der Waals surface area contributed by atoms with Gasteiger partial charge in [0.25, 0.3) is 0 Å². The fourth-order valence-corrected chi connectivity index (χ4v) is 2.38. The van der Waals surface area contributed by atoms with Crippen LogP contribution in [0.1, 0.15) is 37.5 Å². The minimum absolute atomic E-state index is 0.0201. The fraction of sp³-hybridized carbons (Fsp3) is 0.263. The number of rotatable bonds is 4. The van der Waals surface area contributed by atoms with Gasteiger partial charge in [0.2, 0.25) is 0 Å². The van der Waals surface area contributed by atoms with Crippen molar-refractivity contribution in [1.82, 2.24) is 0 Å². The summed E-state index contributed by atoms with van der Waals surface area (Å²) in [6.45, 7) is 6.70. The van der Waals surface area contributed by atoms with E-state index in [4.69, 9.17) is 15.2 Å². The average Bonchev–Trinajstić information content (AvgIpc) is 2.54. The lowest BCUT2D eigenvalue weighted by atomic mass is 9.86. The Labute approximate surface area is 136 Å². The van der Waals surface area contributed by atoms with Crippen molar-refractivity contribution in [2.45, 2.75) is 32.8 Å². The van der Waals surface area contributed by atoms with Gasteiger partial charge in [0.1, 0.15) is 18.4 Å². The first-order valence-corrected chi connectivity index (χ1v) is 7.40. The highest BCUT2D eigenvalue weighted by Gasteiger charge is 2.19. The molecule has 1 N–H and O–H groups in total. The van der Waals surface area contributed by atoms with Gasteiger partial charge in [0.15, 0.2) is 5.71 Å². The molecule has 2 rings (SSSR count). The van der Waals surface area contributed by atoms with Crippen LogP contribution in [-0.4, -0.2) is 10.9 Å². The number of oxime groups is 1. The van der Waals surface area contributed by atoms with E-state index >= 15 is 0 Å². The topological polar surface area (TPSA) is 65.6 Å². The lowest BCUT2D eigenvalue weighted by Crippen LogP contribution is -2.14. The second-order valence-corrected chi connectivity index (χ2v) is 6.25. The Balaban J connectivity index is 2.29. The summed E-state index contributed by atoms with van der Waals surface area (Å²) in [6, 6.07) is 17.1. The molecule has 4 heteroatoms. The Hall–Kier alpha value is -2.80. The number of nitriles is 1. The Morgan fingerprint density at radius 2 is 1.78 bits per heavy atom. The van der Waals surface area contributed by atoms with Crippen LogP contribution in [-0.2, 0) is 12.0 Å². The predicted molar refractivity (Wildman–Crippen MR) is 89.9 cm³/mol. The molecule has 0 aliphatic carbocycles. The highest BCUT2D eigenvalue weighted by atomic mass is 16.5. The van der Waals surface area contributed by atoms with Crippen molar-refractivity contribution < 1.29 is 9.94 Å². The number of nitrogens with zero attached hydrogens (tertiary/aromatic N) is 2. The monoisotopic (exact) mass is 308 g/mol. The molecule has 0 aliphatic rings. The third-order valence-corrected chi connectivity index (χ3v) is 3.56. The summed E-state index contributed by atoms with van der Waals surface area (Å²) in [4.78, 5) is 0. The van der Waals surface area contributed by atoms with E-state index in [1.807, 2.05) is 36.4 Å². The average molecular weight is 308 g/mol. The van der Waals surface area contributed by atoms with Crippen molar-refractivity contribution in [1.29, 1.82) is 5.26 Å². The molecular formula is C19H20N2O2. The number of ether oxygens (including phenoxy) is 1. The minimum atomic E-state index is -0.0273. The van der Waals surface area contributed by atoms with Crippen molar-refractivity contribution in [3.05, 3.63) is 65.2 Å². The van der Waals surface area contributed by atoms with Crippen LogP contribution in [0.3, 0.4) is 0 Å². The van der Waals surface area contributed by atoms with E-state index in [1.165, 1.54) is 0 Å². The molecule has 2 aromatic carbocycles. The number of hydrogen-bond donors (Lipinski definition) is 1. The van der Waals surface area contributed by atoms with E-state index in [0.717, 1.165) is 16.9 Å².